The second-order valence-electron chi connectivity index (χ2n) is 3.86. The lowest BCUT2D eigenvalue weighted by Crippen LogP contribution is -2.36. The molecule has 2 nitrogen and oxygen atoms in total. The van der Waals surface area contributed by atoms with Crippen LogP contribution in [-0.2, 0) is 0 Å². The summed E-state index contributed by atoms with van der Waals surface area (Å²) < 4.78 is 0. The van der Waals surface area contributed by atoms with Gasteiger partial charge in [-0.3, -0.25) is 0 Å². The second-order valence-corrected chi connectivity index (χ2v) is 3.86. The van der Waals surface area contributed by atoms with Crippen molar-refractivity contribution in [3.8, 4) is 0 Å². The summed E-state index contributed by atoms with van der Waals surface area (Å²) in [6.07, 6.45) is 6.97. The minimum atomic E-state index is 0. The molecule has 1 saturated carbocycles. The third kappa shape index (κ3) is 4.84. The van der Waals surface area contributed by atoms with E-state index in [-0.39, 0.29) is 19.0 Å². The van der Waals surface area contributed by atoms with Gasteiger partial charge in [0.05, 0.1) is 6.61 Å². The van der Waals surface area contributed by atoms with Crippen molar-refractivity contribution >= 4 is 12.4 Å². The van der Waals surface area contributed by atoms with Gasteiger partial charge in [-0.05, 0) is 25.7 Å². The highest BCUT2D eigenvalue weighted by Crippen LogP contribution is 2.25. The Morgan fingerprint density at radius 3 is 2.46 bits per heavy atom. The third-order valence-corrected chi connectivity index (χ3v) is 2.94. The van der Waals surface area contributed by atoms with Crippen molar-refractivity contribution in [2.45, 2.75) is 45.1 Å². The van der Waals surface area contributed by atoms with Gasteiger partial charge < -0.3 is 10.4 Å². The maximum absolute atomic E-state index is 8.65. The van der Waals surface area contributed by atoms with Crippen LogP contribution in [0.4, 0.5) is 0 Å². The molecule has 0 radical (unpaired) electrons. The summed E-state index contributed by atoms with van der Waals surface area (Å²) in [5.74, 6) is 0.852. The Morgan fingerprint density at radius 1 is 1.31 bits per heavy atom. The Bertz CT molecular complexity index is 115. The number of hydrogen-bond acceptors (Lipinski definition) is 2. The maximum atomic E-state index is 8.65. The smallest absolute Gasteiger partial charge is 0.0556 e. The fourth-order valence-electron chi connectivity index (χ4n) is 2.09. The van der Waals surface area contributed by atoms with Gasteiger partial charge in [0.2, 0.25) is 0 Å². The fourth-order valence-corrected chi connectivity index (χ4v) is 2.09. The molecule has 1 aliphatic rings. The standard InChI is InChI=1S/C10H21NO.ClH/c1-9(11-7-8-12)10-5-3-2-4-6-10;/h9-12H,2-8H2,1H3;1H. The topological polar surface area (TPSA) is 32.3 Å². The van der Waals surface area contributed by atoms with Crippen LogP contribution in [0.5, 0.6) is 0 Å². The monoisotopic (exact) mass is 207 g/mol. The van der Waals surface area contributed by atoms with Crippen molar-refractivity contribution < 1.29 is 5.11 Å². The molecule has 0 aromatic rings. The highest BCUT2D eigenvalue weighted by molar-refractivity contribution is 5.85. The predicted octanol–water partition coefficient (Wildman–Crippen LogP) is 1.96. The lowest BCUT2D eigenvalue weighted by molar-refractivity contribution is 0.247. The largest absolute Gasteiger partial charge is 0.395 e. The Hall–Kier alpha value is 0.210. The van der Waals surface area contributed by atoms with Crippen molar-refractivity contribution in [1.29, 1.82) is 0 Å². The molecular weight excluding hydrogens is 186 g/mol. The van der Waals surface area contributed by atoms with Crippen molar-refractivity contribution in [2.24, 2.45) is 5.92 Å². The molecule has 3 heteroatoms. The summed E-state index contributed by atoms with van der Waals surface area (Å²) in [6.45, 7) is 3.25. The van der Waals surface area contributed by atoms with Gasteiger partial charge in [0.1, 0.15) is 0 Å². The summed E-state index contributed by atoms with van der Waals surface area (Å²) in [7, 11) is 0. The predicted molar refractivity (Wildman–Crippen MR) is 58.4 cm³/mol. The van der Waals surface area contributed by atoms with E-state index in [2.05, 4.69) is 12.2 Å². The summed E-state index contributed by atoms with van der Waals surface area (Å²) in [5, 5.41) is 12.0. The number of aliphatic hydroxyl groups is 1. The molecule has 0 spiro atoms. The Morgan fingerprint density at radius 2 is 1.92 bits per heavy atom. The minimum Gasteiger partial charge on any atom is -0.395 e. The van der Waals surface area contributed by atoms with Crippen molar-refractivity contribution in [2.75, 3.05) is 13.2 Å². The Kier molecular flexibility index (Phi) is 7.72. The lowest BCUT2D eigenvalue weighted by atomic mass is 9.84. The van der Waals surface area contributed by atoms with Crippen molar-refractivity contribution in [1.82, 2.24) is 5.32 Å². The van der Waals surface area contributed by atoms with Gasteiger partial charge in [0, 0.05) is 12.6 Å². The number of rotatable bonds is 4. The van der Waals surface area contributed by atoms with Gasteiger partial charge in [-0.15, -0.1) is 12.4 Å². The van der Waals surface area contributed by atoms with E-state index < -0.39 is 0 Å². The molecule has 80 valence electrons. The van der Waals surface area contributed by atoms with Crippen LogP contribution in [0.25, 0.3) is 0 Å². The van der Waals surface area contributed by atoms with E-state index in [1.54, 1.807) is 0 Å². The van der Waals surface area contributed by atoms with Crippen molar-refractivity contribution in [3.63, 3.8) is 0 Å². The van der Waals surface area contributed by atoms with Crippen molar-refractivity contribution in [3.05, 3.63) is 0 Å². The molecule has 0 aromatic heterocycles. The van der Waals surface area contributed by atoms with Gasteiger partial charge in [-0.1, -0.05) is 19.3 Å². The van der Waals surface area contributed by atoms with Crippen LogP contribution in [0, 0.1) is 5.92 Å². The normalized spacial score (nSPS) is 20.8. The van der Waals surface area contributed by atoms with E-state index >= 15 is 0 Å². The minimum absolute atomic E-state index is 0. The molecule has 0 aromatic carbocycles. The lowest BCUT2D eigenvalue weighted by Gasteiger charge is -2.28. The molecule has 0 aliphatic heterocycles. The first-order valence-corrected chi connectivity index (χ1v) is 5.19. The summed E-state index contributed by atoms with van der Waals surface area (Å²) >= 11 is 0. The Labute approximate surface area is 87.5 Å². The summed E-state index contributed by atoms with van der Waals surface area (Å²) in [6, 6.07) is 0.595. The zero-order valence-electron chi connectivity index (χ0n) is 8.46. The molecule has 1 unspecified atom stereocenters. The first-order valence-electron chi connectivity index (χ1n) is 5.19. The van der Waals surface area contributed by atoms with E-state index in [0.29, 0.717) is 6.04 Å². The van der Waals surface area contributed by atoms with E-state index in [1.807, 2.05) is 0 Å². The third-order valence-electron chi connectivity index (χ3n) is 2.94. The van der Waals surface area contributed by atoms with Crippen LogP contribution < -0.4 is 5.32 Å². The number of nitrogens with one attached hydrogen (secondary N) is 1. The van der Waals surface area contributed by atoms with Crippen LogP contribution in [0.2, 0.25) is 0 Å². The molecule has 0 bridgehead atoms. The van der Waals surface area contributed by atoms with Crippen LogP contribution in [0.15, 0.2) is 0 Å². The first kappa shape index (κ1) is 13.2. The quantitative estimate of drug-likeness (QED) is 0.739. The number of hydrogen-bond donors (Lipinski definition) is 2. The summed E-state index contributed by atoms with van der Waals surface area (Å²) in [4.78, 5) is 0. The number of halogens is 1. The van der Waals surface area contributed by atoms with Gasteiger partial charge >= 0.3 is 0 Å². The van der Waals surface area contributed by atoms with E-state index in [9.17, 15) is 0 Å². The molecule has 1 aliphatic carbocycles. The molecule has 2 N–H and O–H groups in total. The van der Waals surface area contributed by atoms with Gasteiger partial charge in [-0.25, -0.2) is 0 Å². The molecule has 1 rings (SSSR count). The average Bonchev–Trinajstić information content (AvgIpc) is 2.15. The van der Waals surface area contributed by atoms with E-state index in [1.165, 1.54) is 32.1 Å². The molecule has 0 saturated heterocycles. The van der Waals surface area contributed by atoms with Crippen LogP contribution in [-0.4, -0.2) is 24.3 Å². The van der Waals surface area contributed by atoms with Crippen LogP contribution in [0.3, 0.4) is 0 Å². The molecule has 0 heterocycles. The maximum Gasteiger partial charge on any atom is 0.0556 e. The second kappa shape index (κ2) is 7.60. The first-order chi connectivity index (χ1) is 5.84. The SMILES string of the molecule is CC(NCCO)C1CCCCC1.Cl. The fraction of sp³-hybridized carbons (Fsp3) is 1.00. The molecular formula is C10H22ClNO. The highest BCUT2D eigenvalue weighted by atomic mass is 35.5. The molecule has 1 fully saturated rings. The average molecular weight is 208 g/mol. The van der Waals surface area contributed by atoms with Gasteiger partial charge in [0.25, 0.3) is 0 Å². The van der Waals surface area contributed by atoms with E-state index in [0.717, 1.165) is 12.5 Å². The molecule has 1 atom stereocenters. The number of aliphatic hydroxyl groups excluding tert-OH is 1. The van der Waals surface area contributed by atoms with Gasteiger partial charge in [0.15, 0.2) is 0 Å². The zero-order valence-corrected chi connectivity index (χ0v) is 9.28. The molecule has 0 amide bonds. The molecule has 13 heavy (non-hydrogen) atoms. The Balaban J connectivity index is 0.00000144. The van der Waals surface area contributed by atoms with Crippen LogP contribution >= 0.6 is 12.4 Å². The highest BCUT2D eigenvalue weighted by Gasteiger charge is 2.18. The van der Waals surface area contributed by atoms with Crippen LogP contribution in [0.1, 0.15) is 39.0 Å². The van der Waals surface area contributed by atoms with Gasteiger partial charge in [-0.2, -0.15) is 0 Å². The summed E-state index contributed by atoms with van der Waals surface area (Å²) in [5.41, 5.74) is 0. The van der Waals surface area contributed by atoms with E-state index in [4.69, 9.17) is 5.11 Å². The zero-order chi connectivity index (χ0) is 8.81.